The van der Waals surface area contributed by atoms with E-state index in [1.54, 1.807) is 0 Å². The van der Waals surface area contributed by atoms with Gasteiger partial charge in [0, 0.05) is 18.2 Å². The van der Waals surface area contributed by atoms with Gasteiger partial charge in [-0.2, -0.15) is 0 Å². The molecule has 0 aliphatic rings. The molecule has 0 aromatic heterocycles. The zero-order chi connectivity index (χ0) is 17.0. The van der Waals surface area contributed by atoms with Gasteiger partial charge in [0.05, 0.1) is 25.2 Å². The molecule has 0 spiro atoms. The first-order valence-electron chi connectivity index (χ1n) is 5.52. The Morgan fingerprint density at radius 2 is 1.27 bits per heavy atom. The van der Waals surface area contributed by atoms with Crippen LogP contribution in [0.1, 0.15) is 0 Å². The summed E-state index contributed by atoms with van der Waals surface area (Å²) in [5.74, 6) is -1.01. The molecule has 0 radical (unpaired) electrons. The largest absolute Gasteiger partial charge is 0.397 e. The third kappa shape index (κ3) is 4.53. The van der Waals surface area contributed by atoms with E-state index >= 15 is 0 Å². The normalized spacial score (nSPS) is 9.82. The molecule has 0 unspecified atom stereocenters. The fourth-order valence-electron chi connectivity index (χ4n) is 1.29. The summed E-state index contributed by atoms with van der Waals surface area (Å²) >= 11 is 5.78. The van der Waals surface area contributed by atoms with Crippen LogP contribution in [0.4, 0.5) is 31.5 Å². The number of nitrogen functional groups attached to an aromatic ring is 3. The lowest BCUT2D eigenvalue weighted by Crippen LogP contribution is -1.96. The van der Waals surface area contributed by atoms with Crippen LogP contribution in [-0.2, 0) is 0 Å². The first kappa shape index (κ1) is 18.1. The Kier molecular flexibility index (Phi) is 6.06. The maximum atomic E-state index is 12.7. The predicted octanol–water partition coefficient (Wildman–Crippen LogP) is 3.83. The fraction of sp³-hybridized carbons (Fsp3) is 0. The van der Waals surface area contributed by atoms with Crippen molar-refractivity contribution in [3.63, 3.8) is 0 Å². The molecular weight excluding hydrogens is 430 g/mol. The fourth-order valence-corrected chi connectivity index (χ4v) is 1.98. The first-order chi connectivity index (χ1) is 10.1. The van der Waals surface area contributed by atoms with Crippen LogP contribution in [0.2, 0.25) is 0 Å². The van der Waals surface area contributed by atoms with Crippen molar-refractivity contribution in [2.24, 2.45) is 0 Å². The van der Waals surface area contributed by atoms with Gasteiger partial charge in [-0.25, -0.2) is 8.78 Å². The summed E-state index contributed by atoms with van der Waals surface area (Å²) in [7, 11) is 0. The van der Waals surface area contributed by atoms with Gasteiger partial charge in [0.1, 0.15) is 17.3 Å². The number of rotatable bonds is 1. The lowest BCUT2D eigenvalue weighted by Gasteiger charge is -2.00. The molecule has 2 aromatic carbocycles. The second-order valence-electron chi connectivity index (χ2n) is 3.98. The van der Waals surface area contributed by atoms with E-state index in [2.05, 4.69) is 31.9 Å². The van der Waals surface area contributed by atoms with Crippen LogP contribution >= 0.6 is 31.9 Å². The molecule has 0 saturated heterocycles. The number of hydrogen-bond donors (Lipinski definition) is 3. The molecule has 0 amide bonds. The monoisotopic (exact) mass is 438 g/mol. The van der Waals surface area contributed by atoms with E-state index in [4.69, 9.17) is 17.2 Å². The van der Waals surface area contributed by atoms with Crippen molar-refractivity contribution in [3.05, 3.63) is 55.0 Å². The summed E-state index contributed by atoms with van der Waals surface area (Å²) < 4.78 is 25.6. The quantitative estimate of drug-likeness (QED) is 0.354. The zero-order valence-corrected chi connectivity index (χ0v) is 14.0. The Morgan fingerprint density at radius 3 is 1.73 bits per heavy atom. The van der Waals surface area contributed by atoms with E-state index in [9.17, 15) is 18.9 Å². The molecule has 0 aliphatic heterocycles. The van der Waals surface area contributed by atoms with E-state index in [1.807, 2.05) is 0 Å². The first-order valence-corrected chi connectivity index (χ1v) is 7.11. The van der Waals surface area contributed by atoms with Crippen LogP contribution in [0.25, 0.3) is 0 Å². The van der Waals surface area contributed by atoms with Crippen molar-refractivity contribution < 1.29 is 13.7 Å². The van der Waals surface area contributed by atoms with Gasteiger partial charge >= 0.3 is 0 Å². The summed E-state index contributed by atoms with van der Waals surface area (Å²) in [5.41, 5.74) is 16.0. The highest BCUT2D eigenvalue weighted by atomic mass is 79.9. The van der Waals surface area contributed by atoms with Crippen molar-refractivity contribution in [1.82, 2.24) is 0 Å². The minimum absolute atomic E-state index is 0.0309. The molecular formula is C12H10Br2F2N4O2. The lowest BCUT2D eigenvalue weighted by atomic mass is 10.3. The Bertz CT molecular complexity index is 679. The molecule has 6 N–H and O–H groups in total. The van der Waals surface area contributed by atoms with Crippen LogP contribution < -0.4 is 17.2 Å². The molecule has 0 saturated carbocycles. The summed E-state index contributed by atoms with van der Waals surface area (Å²) in [6.07, 6.45) is 0. The molecule has 2 aromatic rings. The highest BCUT2D eigenvalue weighted by Gasteiger charge is 2.14. The van der Waals surface area contributed by atoms with Crippen molar-refractivity contribution in [1.29, 1.82) is 0 Å². The van der Waals surface area contributed by atoms with Crippen LogP contribution in [0.5, 0.6) is 0 Å². The van der Waals surface area contributed by atoms with E-state index in [0.29, 0.717) is 10.2 Å². The van der Waals surface area contributed by atoms with Gasteiger partial charge < -0.3 is 17.2 Å². The van der Waals surface area contributed by atoms with E-state index in [1.165, 1.54) is 12.1 Å². The van der Waals surface area contributed by atoms with Gasteiger partial charge in [-0.3, -0.25) is 10.1 Å². The van der Waals surface area contributed by atoms with Gasteiger partial charge in [-0.05, 0) is 37.9 Å². The van der Waals surface area contributed by atoms with Gasteiger partial charge in [-0.1, -0.05) is 0 Å². The minimum Gasteiger partial charge on any atom is -0.397 e. The number of anilines is 3. The molecule has 10 heteroatoms. The molecule has 0 bridgehead atoms. The lowest BCUT2D eigenvalue weighted by molar-refractivity contribution is -0.384. The van der Waals surface area contributed by atoms with Crippen LogP contribution in [0.15, 0.2) is 33.2 Å². The van der Waals surface area contributed by atoms with Crippen molar-refractivity contribution in [2.75, 3.05) is 17.2 Å². The van der Waals surface area contributed by atoms with Gasteiger partial charge in [0.25, 0.3) is 5.69 Å². The van der Waals surface area contributed by atoms with Gasteiger partial charge in [-0.15, -0.1) is 0 Å². The molecule has 0 heterocycles. The predicted molar refractivity (Wildman–Crippen MR) is 88.1 cm³/mol. The zero-order valence-electron chi connectivity index (χ0n) is 10.8. The molecule has 118 valence electrons. The smallest absolute Gasteiger partial charge is 0.293 e. The highest BCUT2D eigenvalue weighted by Crippen LogP contribution is 2.28. The Morgan fingerprint density at radius 1 is 0.864 bits per heavy atom. The summed E-state index contributed by atoms with van der Waals surface area (Å²) in [4.78, 5) is 9.60. The molecule has 0 fully saturated rings. The topological polar surface area (TPSA) is 121 Å². The minimum atomic E-state index is -0.667. The number of nitrogens with zero attached hydrogens (tertiary/aromatic N) is 1. The SMILES string of the molecule is Nc1cc(F)c(Br)cc1N.Nc1cc(F)c(Br)cc1[N+](=O)[O-]. The number of nitrogens with two attached hydrogens (primary N) is 3. The summed E-state index contributed by atoms with van der Waals surface area (Å²) in [5, 5.41) is 10.3. The summed E-state index contributed by atoms with van der Waals surface area (Å²) in [6, 6.07) is 4.55. The summed E-state index contributed by atoms with van der Waals surface area (Å²) in [6.45, 7) is 0. The standard InChI is InChI=1S/C6H4BrFN2O2.C6H6BrFN2/c7-3-1-6(10(11)12)5(9)2-4(3)8;7-3-1-5(9)6(10)2-4(3)8/h1-2H,9H2;1-2H,9-10H2. The van der Waals surface area contributed by atoms with E-state index in [-0.39, 0.29) is 21.5 Å². The third-order valence-corrected chi connectivity index (χ3v) is 3.61. The Balaban J connectivity index is 0.000000224. The van der Waals surface area contributed by atoms with Crippen molar-refractivity contribution in [3.8, 4) is 0 Å². The number of halogens is 4. The number of benzene rings is 2. The third-order valence-electron chi connectivity index (χ3n) is 2.39. The average molecular weight is 440 g/mol. The van der Waals surface area contributed by atoms with Gasteiger partial charge in [0.15, 0.2) is 0 Å². The number of hydrogen-bond acceptors (Lipinski definition) is 5. The molecule has 22 heavy (non-hydrogen) atoms. The number of nitro groups is 1. The Hall–Kier alpha value is -1.94. The van der Waals surface area contributed by atoms with Crippen molar-refractivity contribution >= 4 is 54.6 Å². The van der Waals surface area contributed by atoms with E-state index in [0.717, 1.165) is 12.1 Å². The Labute approximate surface area is 140 Å². The number of nitro benzene ring substituents is 1. The second kappa shape index (κ2) is 7.36. The van der Waals surface area contributed by atoms with Crippen molar-refractivity contribution in [2.45, 2.75) is 0 Å². The van der Waals surface area contributed by atoms with Crippen LogP contribution in [-0.4, -0.2) is 4.92 Å². The maximum Gasteiger partial charge on any atom is 0.293 e. The molecule has 0 aliphatic carbocycles. The molecule has 6 nitrogen and oxygen atoms in total. The highest BCUT2D eigenvalue weighted by molar-refractivity contribution is 9.10. The molecule has 0 atom stereocenters. The van der Waals surface area contributed by atoms with Crippen LogP contribution in [0.3, 0.4) is 0 Å². The maximum absolute atomic E-state index is 12.7. The van der Waals surface area contributed by atoms with Gasteiger partial charge in [0.2, 0.25) is 0 Å². The second-order valence-corrected chi connectivity index (χ2v) is 5.69. The van der Waals surface area contributed by atoms with E-state index < -0.39 is 16.6 Å². The average Bonchev–Trinajstić information content (AvgIpc) is 2.41. The van der Waals surface area contributed by atoms with Crippen LogP contribution in [0, 0.1) is 21.7 Å². The molecule has 2 rings (SSSR count).